The first-order valence-electron chi connectivity index (χ1n) is 5.50. The standard InChI is InChI=1S/C14H12Br2FN/c1-9-6-12(3-5-13(9)15)18-8-10-7-11(17)2-4-14(10)16/h2-7,18H,8H2,1H3. The van der Waals surface area contributed by atoms with E-state index in [4.69, 9.17) is 0 Å². The van der Waals surface area contributed by atoms with Gasteiger partial charge in [0.25, 0.3) is 0 Å². The van der Waals surface area contributed by atoms with Gasteiger partial charge in [0.05, 0.1) is 0 Å². The fourth-order valence-electron chi connectivity index (χ4n) is 1.63. The molecule has 4 heteroatoms. The van der Waals surface area contributed by atoms with Crippen LogP contribution >= 0.6 is 31.9 Å². The fraction of sp³-hybridized carbons (Fsp3) is 0.143. The smallest absolute Gasteiger partial charge is 0.123 e. The molecule has 0 aliphatic rings. The van der Waals surface area contributed by atoms with E-state index in [1.807, 2.05) is 19.1 Å². The molecule has 0 heterocycles. The lowest BCUT2D eigenvalue weighted by atomic mass is 10.2. The van der Waals surface area contributed by atoms with E-state index in [1.54, 1.807) is 6.07 Å². The Morgan fingerprint density at radius 1 is 1.06 bits per heavy atom. The van der Waals surface area contributed by atoms with Crippen molar-refractivity contribution < 1.29 is 4.39 Å². The molecule has 0 aliphatic heterocycles. The van der Waals surface area contributed by atoms with Gasteiger partial charge >= 0.3 is 0 Å². The molecule has 1 nitrogen and oxygen atoms in total. The molecule has 0 aromatic heterocycles. The predicted molar refractivity (Wildman–Crippen MR) is 80.3 cm³/mol. The zero-order valence-electron chi connectivity index (χ0n) is 9.81. The van der Waals surface area contributed by atoms with Crippen LogP contribution in [0, 0.1) is 12.7 Å². The number of anilines is 1. The Morgan fingerprint density at radius 2 is 1.78 bits per heavy atom. The second kappa shape index (κ2) is 5.85. The van der Waals surface area contributed by atoms with E-state index >= 15 is 0 Å². The summed E-state index contributed by atoms with van der Waals surface area (Å²) in [7, 11) is 0. The van der Waals surface area contributed by atoms with Crippen LogP contribution in [0.15, 0.2) is 45.3 Å². The molecule has 0 amide bonds. The van der Waals surface area contributed by atoms with Gasteiger partial charge in [0.15, 0.2) is 0 Å². The molecular formula is C14H12Br2FN. The van der Waals surface area contributed by atoms with E-state index in [9.17, 15) is 4.39 Å². The van der Waals surface area contributed by atoms with E-state index in [-0.39, 0.29) is 5.82 Å². The SMILES string of the molecule is Cc1cc(NCc2cc(F)ccc2Br)ccc1Br. The zero-order valence-corrected chi connectivity index (χ0v) is 13.0. The van der Waals surface area contributed by atoms with Crippen LogP contribution in [0.1, 0.15) is 11.1 Å². The average molecular weight is 373 g/mol. The molecule has 94 valence electrons. The number of rotatable bonds is 3. The summed E-state index contributed by atoms with van der Waals surface area (Å²) in [6.07, 6.45) is 0. The number of aryl methyl sites for hydroxylation is 1. The van der Waals surface area contributed by atoms with E-state index < -0.39 is 0 Å². The highest BCUT2D eigenvalue weighted by atomic mass is 79.9. The molecule has 0 fully saturated rings. The van der Waals surface area contributed by atoms with Crippen LogP contribution in [0.3, 0.4) is 0 Å². The molecule has 2 rings (SSSR count). The minimum atomic E-state index is -0.220. The molecule has 0 radical (unpaired) electrons. The van der Waals surface area contributed by atoms with Gasteiger partial charge in [-0.15, -0.1) is 0 Å². The van der Waals surface area contributed by atoms with Crippen LogP contribution in [0.5, 0.6) is 0 Å². The third-order valence-corrected chi connectivity index (χ3v) is 4.31. The van der Waals surface area contributed by atoms with Crippen molar-refractivity contribution in [2.24, 2.45) is 0 Å². The Morgan fingerprint density at radius 3 is 2.50 bits per heavy atom. The highest BCUT2D eigenvalue weighted by Crippen LogP contribution is 2.22. The summed E-state index contributed by atoms with van der Waals surface area (Å²) >= 11 is 6.88. The van der Waals surface area contributed by atoms with Gasteiger partial charge in [-0.3, -0.25) is 0 Å². The van der Waals surface area contributed by atoms with Crippen molar-refractivity contribution in [3.05, 3.63) is 62.3 Å². The quantitative estimate of drug-likeness (QED) is 0.773. The molecule has 1 N–H and O–H groups in total. The maximum Gasteiger partial charge on any atom is 0.123 e. The molecule has 2 aromatic rings. The van der Waals surface area contributed by atoms with Crippen molar-refractivity contribution in [3.63, 3.8) is 0 Å². The predicted octanol–water partition coefficient (Wildman–Crippen LogP) is 5.27. The maximum absolute atomic E-state index is 13.1. The minimum absolute atomic E-state index is 0.220. The van der Waals surface area contributed by atoms with Crippen molar-refractivity contribution in [2.45, 2.75) is 13.5 Å². The third-order valence-electron chi connectivity index (χ3n) is 2.65. The van der Waals surface area contributed by atoms with Crippen LogP contribution in [0.4, 0.5) is 10.1 Å². The lowest BCUT2D eigenvalue weighted by Crippen LogP contribution is -2.01. The summed E-state index contributed by atoms with van der Waals surface area (Å²) in [5.41, 5.74) is 3.08. The van der Waals surface area contributed by atoms with E-state index in [2.05, 4.69) is 43.2 Å². The third kappa shape index (κ3) is 3.33. The minimum Gasteiger partial charge on any atom is -0.381 e. The molecule has 0 saturated heterocycles. The number of nitrogens with one attached hydrogen (secondary N) is 1. The van der Waals surface area contributed by atoms with Gasteiger partial charge in [-0.05, 0) is 54.4 Å². The highest BCUT2D eigenvalue weighted by molar-refractivity contribution is 9.10. The largest absolute Gasteiger partial charge is 0.381 e. The van der Waals surface area contributed by atoms with Gasteiger partial charge in [-0.2, -0.15) is 0 Å². The van der Waals surface area contributed by atoms with Crippen LogP contribution < -0.4 is 5.32 Å². The summed E-state index contributed by atoms with van der Waals surface area (Å²) in [5, 5.41) is 3.28. The molecule has 0 atom stereocenters. The summed E-state index contributed by atoms with van der Waals surface area (Å²) < 4.78 is 15.1. The number of hydrogen-bond acceptors (Lipinski definition) is 1. The summed E-state index contributed by atoms with van der Waals surface area (Å²) in [6.45, 7) is 2.62. The lowest BCUT2D eigenvalue weighted by Gasteiger charge is -2.09. The Bertz CT molecular complexity index is 570. The maximum atomic E-state index is 13.1. The molecular weight excluding hydrogens is 361 g/mol. The van der Waals surface area contributed by atoms with Crippen LogP contribution in [0.2, 0.25) is 0 Å². The Kier molecular flexibility index (Phi) is 4.40. The molecule has 18 heavy (non-hydrogen) atoms. The summed E-state index contributed by atoms with van der Waals surface area (Å²) in [4.78, 5) is 0. The number of benzene rings is 2. The zero-order chi connectivity index (χ0) is 13.1. The molecule has 0 unspecified atom stereocenters. The number of hydrogen-bond donors (Lipinski definition) is 1. The second-order valence-corrected chi connectivity index (χ2v) is 5.76. The van der Waals surface area contributed by atoms with Gasteiger partial charge in [-0.25, -0.2) is 4.39 Å². The Hall–Kier alpha value is -0.870. The first-order valence-corrected chi connectivity index (χ1v) is 7.09. The fourth-order valence-corrected chi connectivity index (χ4v) is 2.26. The summed E-state index contributed by atoms with van der Waals surface area (Å²) in [5.74, 6) is -0.220. The molecule has 0 aliphatic carbocycles. The lowest BCUT2D eigenvalue weighted by molar-refractivity contribution is 0.625. The first-order chi connectivity index (χ1) is 8.56. The van der Waals surface area contributed by atoms with Crippen LogP contribution in [-0.2, 0) is 6.54 Å². The first kappa shape index (κ1) is 13.6. The van der Waals surface area contributed by atoms with Crippen molar-refractivity contribution >= 4 is 37.5 Å². The van der Waals surface area contributed by atoms with Crippen molar-refractivity contribution in [1.29, 1.82) is 0 Å². The van der Waals surface area contributed by atoms with Gasteiger partial charge in [0.2, 0.25) is 0 Å². The van der Waals surface area contributed by atoms with E-state index in [0.717, 1.165) is 20.2 Å². The van der Waals surface area contributed by atoms with Gasteiger partial charge in [0.1, 0.15) is 5.82 Å². The highest BCUT2D eigenvalue weighted by Gasteiger charge is 2.02. The molecule has 0 spiro atoms. The molecule has 2 aromatic carbocycles. The van der Waals surface area contributed by atoms with Gasteiger partial charge < -0.3 is 5.32 Å². The van der Waals surface area contributed by atoms with Gasteiger partial charge in [0, 0.05) is 21.2 Å². The van der Waals surface area contributed by atoms with E-state index in [0.29, 0.717) is 6.54 Å². The number of halogens is 3. The monoisotopic (exact) mass is 371 g/mol. The Balaban J connectivity index is 2.11. The van der Waals surface area contributed by atoms with Crippen molar-refractivity contribution in [3.8, 4) is 0 Å². The van der Waals surface area contributed by atoms with Crippen LogP contribution in [-0.4, -0.2) is 0 Å². The second-order valence-electron chi connectivity index (χ2n) is 4.05. The molecule has 0 bridgehead atoms. The topological polar surface area (TPSA) is 12.0 Å². The van der Waals surface area contributed by atoms with Crippen LogP contribution in [0.25, 0.3) is 0 Å². The summed E-state index contributed by atoms with van der Waals surface area (Å²) in [6, 6.07) is 10.7. The van der Waals surface area contributed by atoms with Gasteiger partial charge in [-0.1, -0.05) is 31.9 Å². The Labute approximate surface area is 123 Å². The normalized spacial score (nSPS) is 10.4. The van der Waals surface area contributed by atoms with Crippen molar-refractivity contribution in [1.82, 2.24) is 0 Å². The average Bonchev–Trinajstić information content (AvgIpc) is 2.34. The van der Waals surface area contributed by atoms with Crippen molar-refractivity contribution in [2.75, 3.05) is 5.32 Å². The van der Waals surface area contributed by atoms with E-state index in [1.165, 1.54) is 17.7 Å². The molecule has 0 saturated carbocycles.